The van der Waals surface area contributed by atoms with Crippen molar-refractivity contribution in [2.24, 2.45) is 4.76 Å². The van der Waals surface area contributed by atoms with Crippen LogP contribution in [0.15, 0.2) is 4.76 Å². The maximum Gasteiger partial charge on any atom is 0.375 e. The van der Waals surface area contributed by atoms with E-state index in [0.29, 0.717) is 12.6 Å². The summed E-state index contributed by atoms with van der Waals surface area (Å²) in [5.74, 6) is 0. The Morgan fingerprint density at radius 3 is 2.93 bits per heavy atom. The summed E-state index contributed by atoms with van der Waals surface area (Å²) in [5, 5.41) is 0. The number of likely N-dealkylation sites (N-methyl/N-ethyl adjacent to an activating group) is 1. The molecule has 88 valence electrons. The molecule has 0 radical (unpaired) electrons. The van der Waals surface area contributed by atoms with Crippen LogP contribution in [0.3, 0.4) is 0 Å². The Morgan fingerprint density at radius 2 is 2.47 bits per heavy atom. The third kappa shape index (κ3) is 2.89. The summed E-state index contributed by atoms with van der Waals surface area (Å²) in [5.41, 5.74) is 0. The molecule has 7 heteroatoms. The minimum atomic E-state index is -2.97. The first-order valence-corrected chi connectivity index (χ1v) is 8.18. The van der Waals surface area contributed by atoms with Gasteiger partial charge in [-0.3, -0.25) is 4.57 Å². The third-order valence-electron chi connectivity index (χ3n) is 2.24. The van der Waals surface area contributed by atoms with Crippen LogP contribution in [0.1, 0.15) is 13.8 Å². The van der Waals surface area contributed by atoms with Crippen LogP contribution in [0.5, 0.6) is 0 Å². The Morgan fingerprint density at radius 1 is 1.80 bits per heavy atom. The molecule has 0 saturated carbocycles. The molecule has 0 aromatic carbocycles. The van der Waals surface area contributed by atoms with Crippen molar-refractivity contribution >= 4 is 24.1 Å². The van der Waals surface area contributed by atoms with Gasteiger partial charge in [0.2, 0.25) is 0 Å². The molecule has 5 nitrogen and oxygen atoms in total. The van der Waals surface area contributed by atoms with Gasteiger partial charge in [0.05, 0.1) is 6.04 Å². The fourth-order valence-electron chi connectivity index (χ4n) is 1.35. The van der Waals surface area contributed by atoms with E-state index in [-0.39, 0.29) is 6.04 Å². The predicted octanol–water partition coefficient (Wildman–Crippen LogP) is 2.20. The molecule has 0 bridgehead atoms. The zero-order chi connectivity index (χ0) is 11.5. The zero-order valence-electron chi connectivity index (χ0n) is 9.47. The molecule has 1 saturated heterocycles. The Bertz CT molecular complexity index is 290. The molecule has 0 aliphatic carbocycles. The number of hydrogen-bond donors (Lipinski definition) is 0. The molecule has 1 fully saturated rings. The standard InChI is InChI=1S/C8H17N2O3PS/c1-5-10-7(2)6-13-8(10)9-14(11,12-3)15-4/h7H,5-6H2,1-4H3. The molecule has 2 atom stereocenters. The molecule has 1 rings (SSSR count). The van der Waals surface area contributed by atoms with Gasteiger partial charge < -0.3 is 14.2 Å². The Hall–Kier alpha value is -0.190. The number of hydrogen-bond acceptors (Lipinski definition) is 4. The second kappa shape index (κ2) is 5.23. The first-order chi connectivity index (χ1) is 7.06. The maximum atomic E-state index is 11.9. The van der Waals surface area contributed by atoms with E-state index in [4.69, 9.17) is 9.26 Å². The van der Waals surface area contributed by atoms with Gasteiger partial charge in [-0.2, -0.15) is 0 Å². The number of ether oxygens (including phenoxy) is 1. The van der Waals surface area contributed by atoms with E-state index in [1.807, 2.05) is 18.7 Å². The van der Waals surface area contributed by atoms with Gasteiger partial charge in [0.1, 0.15) is 6.61 Å². The Labute approximate surface area is 94.5 Å². The van der Waals surface area contributed by atoms with Crippen molar-refractivity contribution in [1.29, 1.82) is 0 Å². The van der Waals surface area contributed by atoms with Gasteiger partial charge >= 0.3 is 6.72 Å². The summed E-state index contributed by atoms with van der Waals surface area (Å²) in [7, 11) is 1.40. The topological polar surface area (TPSA) is 51.1 Å². The van der Waals surface area contributed by atoms with Gasteiger partial charge in [0, 0.05) is 13.7 Å². The van der Waals surface area contributed by atoms with Gasteiger partial charge in [-0.15, -0.1) is 4.76 Å². The van der Waals surface area contributed by atoms with Crippen LogP contribution in [-0.2, 0) is 13.8 Å². The highest BCUT2D eigenvalue weighted by atomic mass is 32.7. The van der Waals surface area contributed by atoms with Gasteiger partial charge in [0.25, 0.3) is 6.02 Å². The van der Waals surface area contributed by atoms with E-state index in [1.54, 1.807) is 6.26 Å². The summed E-state index contributed by atoms with van der Waals surface area (Å²) >= 11 is 1.11. The average Bonchev–Trinajstić information content (AvgIpc) is 2.59. The van der Waals surface area contributed by atoms with E-state index in [2.05, 4.69) is 4.76 Å². The lowest BCUT2D eigenvalue weighted by Crippen LogP contribution is -2.31. The SMILES string of the molecule is CCN1C(=NP(=O)(OC)SC)OCC1C. The van der Waals surface area contributed by atoms with Crippen LogP contribution in [0, 0.1) is 0 Å². The number of nitrogens with zero attached hydrogens (tertiary/aromatic N) is 2. The Kier molecular flexibility index (Phi) is 4.49. The molecular formula is C8H17N2O3PS. The highest BCUT2D eigenvalue weighted by Crippen LogP contribution is 2.59. The van der Waals surface area contributed by atoms with Crippen molar-refractivity contribution in [3.05, 3.63) is 0 Å². The van der Waals surface area contributed by atoms with Gasteiger partial charge in [0.15, 0.2) is 0 Å². The van der Waals surface area contributed by atoms with Crippen LogP contribution in [0.25, 0.3) is 0 Å². The number of rotatable bonds is 4. The van der Waals surface area contributed by atoms with Crippen LogP contribution >= 0.6 is 18.1 Å². The van der Waals surface area contributed by atoms with Gasteiger partial charge in [-0.25, -0.2) is 0 Å². The molecular weight excluding hydrogens is 235 g/mol. The smallest absolute Gasteiger partial charge is 0.375 e. The second-order valence-corrected chi connectivity index (χ2v) is 7.51. The average molecular weight is 252 g/mol. The highest BCUT2D eigenvalue weighted by Gasteiger charge is 2.30. The van der Waals surface area contributed by atoms with Crippen LogP contribution < -0.4 is 0 Å². The fourth-order valence-corrected chi connectivity index (χ4v) is 2.95. The molecule has 0 spiro atoms. The largest absolute Gasteiger partial charge is 0.463 e. The molecule has 2 unspecified atom stereocenters. The molecule has 0 aromatic rings. The first kappa shape index (κ1) is 12.9. The van der Waals surface area contributed by atoms with E-state index in [1.165, 1.54) is 7.11 Å². The van der Waals surface area contributed by atoms with Crippen molar-refractivity contribution in [2.45, 2.75) is 19.9 Å². The molecule has 0 aromatic heterocycles. The lowest BCUT2D eigenvalue weighted by Gasteiger charge is -2.18. The Balaban J connectivity index is 2.87. The summed E-state index contributed by atoms with van der Waals surface area (Å²) in [4.78, 5) is 1.97. The molecule has 1 aliphatic heterocycles. The minimum Gasteiger partial charge on any atom is -0.463 e. The van der Waals surface area contributed by atoms with E-state index in [9.17, 15) is 4.57 Å². The minimum absolute atomic E-state index is 0.279. The quantitative estimate of drug-likeness (QED) is 0.718. The van der Waals surface area contributed by atoms with Gasteiger partial charge in [-0.1, -0.05) is 0 Å². The molecule has 0 amide bonds. The summed E-state index contributed by atoms with van der Waals surface area (Å²) in [6.07, 6.45) is 1.71. The van der Waals surface area contributed by atoms with Crippen LogP contribution in [0.4, 0.5) is 0 Å². The van der Waals surface area contributed by atoms with Crippen LogP contribution in [0.2, 0.25) is 0 Å². The lowest BCUT2D eigenvalue weighted by molar-refractivity contribution is 0.324. The predicted molar refractivity (Wildman–Crippen MR) is 63.4 cm³/mol. The normalized spacial score (nSPS) is 27.9. The van der Waals surface area contributed by atoms with Gasteiger partial charge in [-0.05, 0) is 31.5 Å². The van der Waals surface area contributed by atoms with Crippen molar-refractivity contribution < 1.29 is 13.8 Å². The van der Waals surface area contributed by atoms with E-state index in [0.717, 1.165) is 17.9 Å². The fraction of sp³-hybridized carbons (Fsp3) is 0.875. The summed E-state index contributed by atoms with van der Waals surface area (Å²) in [6.45, 7) is 2.46. The van der Waals surface area contributed by atoms with Crippen molar-refractivity contribution in [2.75, 3.05) is 26.5 Å². The van der Waals surface area contributed by atoms with Crippen molar-refractivity contribution in [1.82, 2.24) is 4.90 Å². The highest BCUT2D eigenvalue weighted by molar-refractivity contribution is 8.55. The second-order valence-electron chi connectivity index (χ2n) is 3.16. The van der Waals surface area contributed by atoms with Crippen LogP contribution in [-0.4, -0.2) is 43.5 Å². The number of amidine groups is 1. The van der Waals surface area contributed by atoms with Crippen molar-refractivity contribution in [3.63, 3.8) is 0 Å². The molecule has 0 N–H and O–H groups in total. The van der Waals surface area contributed by atoms with E-state index >= 15 is 0 Å². The first-order valence-electron chi connectivity index (χ1n) is 4.77. The molecule has 1 heterocycles. The molecule has 1 aliphatic rings. The summed E-state index contributed by atoms with van der Waals surface area (Å²) < 4.78 is 26.3. The monoisotopic (exact) mass is 252 g/mol. The zero-order valence-corrected chi connectivity index (χ0v) is 11.2. The third-order valence-corrected chi connectivity index (χ3v) is 5.66. The van der Waals surface area contributed by atoms with Crippen molar-refractivity contribution in [3.8, 4) is 0 Å². The maximum absolute atomic E-state index is 11.9. The van der Waals surface area contributed by atoms with E-state index < -0.39 is 6.72 Å². The lowest BCUT2D eigenvalue weighted by atomic mass is 10.3. The summed E-state index contributed by atoms with van der Waals surface area (Å²) in [6, 6.07) is 0.713. The molecule has 15 heavy (non-hydrogen) atoms.